The van der Waals surface area contributed by atoms with Gasteiger partial charge in [-0.25, -0.2) is 4.79 Å². The third-order valence-corrected chi connectivity index (χ3v) is 3.30. The summed E-state index contributed by atoms with van der Waals surface area (Å²) in [5, 5.41) is 11.4. The molecule has 20 heavy (non-hydrogen) atoms. The summed E-state index contributed by atoms with van der Waals surface area (Å²) in [6, 6.07) is 0.00117. The summed E-state index contributed by atoms with van der Waals surface area (Å²) in [5.74, 6) is -0.00592. The van der Waals surface area contributed by atoms with Gasteiger partial charge in [-0.3, -0.25) is 4.79 Å². The molecule has 0 spiro atoms. The highest BCUT2D eigenvalue weighted by molar-refractivity contribution is 5.79. The van der Waals surface area contributed by atoms with E-state index in [0.29, 0.717) is 45.7 Å². The van der Waals surface area contributed by atoms with Gasteiger partial charge >= 0.3 is 6.03 Å². The van der Waals surface area contributed by atoms with Gasteiger partial charge in [0, 0.05) is 39.6 Å². The Morgan fingerprint density at radius 3 is 2.50 bits per heavy atom. The highest BCUT2D eigenvalue weighted by Crippen LogP contribution is 2.17. The van der Waals surface area contributed by atoms with Crippen LogP contribution in [0.3, 0.4) is 0 Å². The van der Waals surface area contributed by atoms with Gasteiger partial charge in [-0.05, 0) is 12.8 Å². The Hall–Kier alpha value is -1.34. The van der Waals surface area contributed by atoms with Crippen LogP contribution in [0.2, 0.25) is 0 Å². The lowest BCUT2D eigenvalue weighted by Gasteiger charge is -2.33. The summed E-state index contributed by atoms with van der Waals surface area (Å²) in [4.78, 5) is 27.0. The Labute approximate surface area is 119 Å². The number of aliphatic hydroxyl groups excluding tert-OH is 1. The van der Waals surface area contributed by atoms with Crippen LogP contribution in [0.15, 0.2) is 0 Å². The van der Waals surface area contributed by atoms with Gasteiger partial charge in [-0.15, -0.1) is 0 Å². The maximum Gasteiger partial charge on any atom is 0.319 e. The van der Waals surface area contributed by atoms with Crippen molar-refractivity contribution in [3.05, 3.63) is 0 Å². The van der Waals surface area contributed by atoms with Crippen LogP contribution in [-0.4, -0.2) is 80.4 Å². The van der Waals surface area contributed by atoms with Crippen LogP contribution >= 0.6 is 0 Å². The van der Waals surface area contributed by atoms with E-state index in [2.05, 4.69) is 5.32 Å². The number of carbonyl (C=O) groups excluding carboxylic acids is 2. The highest BCUT2D eigenvalue weighted by Gasteiger charge is 2.27. The second-order valence-corrected chi connectivity index (χ2v) is 5.07. The van der Waals surface area contributed by atoms with Gasteiger partial charge in [-0.2, -0.15) is 0 Å². The molecule has 1 fully saturated rings. The zero-order chi connectivity index (χ0) is 15.0. The monoisotopic (exact) mass is 287 g/mol. The molecule has 1 heterocycles. The van der Waals surface area contributed by atoms with Crippen molar-refractivity contribution in [2.75, 3.05) is 53.6 Å². The molecule has 1 saturated heterocycles. The third-order valence-electron chi connectivity index (χ3n) is 3.30. The van der Waals surface area contributed by atoms with E-state index in [1.54, 1.807) is 23.9 Å². The van der Waals surface area contributed by atoms with E-state index in [1.807, 2.05) is 0 Å². The predicted octanol–water partition coefficient (Wildman–Crippen LogP) is -0.495. The molecule has 7 nitrogen and oxygen atoms in total. The molecule has 0 aromatic rings. The lowest BCUT2D eigenvalue weighted by Crippen LogP contribution is -2.46. The van der Waals surface area contributed by atoms with Crippen LogP contribution in [-0.2, 0) is 9.53 Å². The lowest BCUT2D eigenvalue weighted by molar-refractivity contribution is -0.126. The van der Waals surface area contributed by atoms with Crippen LogP contribution in [0.25, 0.3) is 0 Å². The number of hydrogen-bond acceptors (Lipinski definition) is 4. The van der Waals surface area contributed by atoms with E-state index >= 15 is 0 Å². The normalized spacial score (nSPS) is 16.1. The molecule has 0 aromatic carbocycles. The van der Waals surface area contributed by atoms with Crippen molar-refractivity contribution in [1.29, 1.82) is 0 Å². The number of piperidine rings is 1. The van der Waals surface area contributed by atoms with Gasteiger partial charge < -0.3 is 25.0 Å². The van der Waals surface area contributed by atoms with E-state index in [-0.39, 0.29) is 24.5 Å². The first-order valence-electron chi connectivity index (χ1n) is 6.98. The number of rotatable bonds is 6. The summed E-state index contributed by atoms with van der Waals surface area (Å²) >= 11 is 0. The molecule has 0 radical (unpaired) electrons. The molecular weight excluding hydrogens is 262 g/mol. The van der Waals surface area contributed by atoms with Crippen molar-refractivity contribution < 1.29 is 19.4 Å². The Kier molecular flexibility index (Phi) is 7.32. The van der Waals surface area contributed by atoms with Crippen molar-refractivity contribution in [3.63, 3.8) is 0 Å². The summed E-state index contributed by atoms with van der Waals surface area (Å²) in [6.45, 7) is 2.39. The molecule has 3 amide bonds. The number of nitrogens with one attached hydrogen (secondary N) is 1. The fraction of sp³-hybridized carbons (Fsp3) is 0.846. The van der Waals surface area contributed by atoms with Gasteiger partial charge in [0.15, 0.2) is 0 Å². The Morgan fingerprint density at radius 1 is 1.30 bits per heavy atom. The largest absolute Gasteiger partial charge is 0.394 e. The molecule has 7 heteroatoms. The average molecular weight is 287 g/mol. The van der Waals surface area contributed by atoms with E-state index in [0.717, 1.165) is 0 Å². The molecule has 1 aliphatic rings. The molecule has 1 rings (SSSR count). The van der Waals surface area contributed by atoms with E-state index in [1.165, 1.54) is 0 Å². The first-order valence-corrected chi connectivity index (χ1v) is 6.98. The minimum atomic E-state index is -0.0287. The van der Waals surface area contributed by atoms with Crippen LogP contribution in [0, 0.1) is 5.92 Å². The van der Waals surface area contributed by atoms with E-state index in [9.17, 15) is 9.59 Å². The van der Waals surface area contributed by atoms with Crippen molar-refractivity contribution >= 4 is 11.9 Å². The number of carbonyl (C=O) groups is 2. The van der Waals surface area contributed by atoms with E-state index < -0.39 is 0 Å². The number of hydrogen-bond donors (Lipinski definition) is 2. The second-order valence-electron chi connectivity index (χ2n) is 5.07. The standard InChI is InChI=1S/C13H25N3O4/c1-15(2)13(19)16-6-3-11(4-7-16)12(18)14-5-9-20-10-8-17/h11,17H,3-10H2,1-2H3,(H,14,18). The van der Waals surface area contributed by atoms with Gasteiger partial charge in [0.25, 0.3) is 0 Å². The van der Waals surface area contributed by atoms with Crippen LogP contribution in [0.1, 0.15) is 12.8 Å². The minimum absolute atomic E-state index is 0.00117. The molecule has 0 bridgehead atoms. The molecule has 0 aliphatic carbocycles. The fourth-order valence-electron chi connectivity index (χ4n) is 2.17. The number of likely N-dealkylation sites (tertiary alicyclic amines) is 1. The first kappa shape index (κ1) is 16.7. The third kappa shape index (κ3) is 5.34. The van der Waals surface area contributed by atoms with E-state index in [4.69, 9.17) is 9.84 Å². The van der Waals surface area contributed by atoms with Gasteiger partial charge in [-0.1, -0.05) is 0 Å². The Morgan fingerprint density at radius 2 is 1.95 bits per heavy atom. The summed E-state index contributed by atoms with van der Waals surface area (Å²) in [6.07, 6.45) is 1.39. The van der Waals surface area contributed by atoms with Crippen molar-refractivity contribution in [1.82, 2.24) is 15.1 Å². The number of urea groups is 1. The molecule has 0 aromatic heterocycles. The minimum Gasteiger partial charge on any atom is -0.394 e. The number of nitrogens with zero attached hydrogens (tertiary/aromatic N) is 2. The Balaban J connectivity index is 2.20. The zero-order valence-corrected chi connectivity index (χ0v) is 12.3. The molecule has 0 saturated carbocycles. The highest BCUT2D eigenvalue weighted by atomic mass is 16.5. The molecule has 1 aliphatic heterocycles. The maximum atomic E-state index is 11.9. The smallest absolute Gasteiger partial charge is 0.319 e. The summed E-state index contributed by atoms with van der Waals surface area (Å²) < 4.78 is 5.07. The molecule has 0 atom stereocenters. The number of aliphatic hydroxyl groups is 1. The predicted molar refractivity (Wildman–Crippen MR) is 74.3 cm³/mol. The molecule has 2 N–H and O–H groups in total. The Bertz CT molecular complexity index is 315. The fourth-order valence-corrected chi connectivity index (χ4v) is 2.17. The number of ether oxygens (including phenoxy) is 1. The van der Waals surface area contributed by atoms with Crippen molar-refractivity contribution in [2.45, 2.75) is 12.8 Å². The van der Waals surface area contributed by atoms with Gasteiger partial charge in [0.1, 0.15) is 0 Å². The quantitative estimate of drug-likeness (QED) is 0.646. The van der Waals surface area contributed by atoms with Crippen LogP contribution in [0.5, 0.6) is 0 Å². The molecular formula is C13H25N3O4. The average Bonchev–Trinajstić information content (AvgIpc) is 2.46. The molecule has 116 valence electrons. The van der Waals surface area contributed by atoms with Crippen LogP contribution < -0.4 is 5.32 Å². The molecule has 0 unspecified atom stereocenters. The topological polar surface area (TPSA) is 82.1 Å². The van der Waals surface area contributed by atoms with Gasteiger partial charge in [0.05, 0.1) is 19.8 Å². The lowest BCUT2D eigenvalue weighted by atomic mass is 9.96. The van der Waals surface area contributed by atoms with Crippen molar-refractivity contribution in [3.8, 4) is 0 Å². The number of amides is 3. The second kappa shape index (κ2) is 8.76. The van der Waals surface area contributed by atoms with Crippen molar-refractivity contribution in [2.24, 2.45) is 5.92 Å². The van der Waals surface area contributed by atoms with Crippen LogP contribution in [0.4, 0.5) is 4.79 Å². The maximum absolute atomic E-state index is 11.9. The zero-order valence-electron chi connectivity index (χ0n) is 12.3. The van der Waals surface area contributed by atoms with Gasteiger partial charge in [0.2, 0.25) is 5.91 Å². The summed E-state index contributed by atoms with van der Waals surface area (Å²) in [7, 11) is 3.46. The first-order chi connectivity index (χ1) is 9.56. The SMILES string of the molecule is CN(C)C(=O)N1CCC(C(=O)NCCOCCO)CC1. The summed E-state index contributed by atoms with van der Waals surface area (Å²) in [5.41, 5.74) is 0.